The first-order chi connectivity index (χ1) is 14.1. The van der Waals surface area contributed by atoms with E-state index in [1.54, 1.807) is 12.4 Å². The first kappa shape index (κ1) is 21.5. The number of aliphatic carboxylic acids is 1. The van der Waals surface area contributed by atoms with Gasteiger partial charge in [0.05, 0.1) is 22.6 Å². The predicted octanol–water partition coefficient (Wildman–Crippen LogP) is 4.34. The number of hydrogen-bond donors (Lipinski definition) is 1. The maximum absolute atomic E-state index is 10.6. The van der Waals surface area contributed by atoms with E-state index >= 15 is 0 Å². The summed E-state index contributed by atoms with van der Waals surface area (Å²) in [7, 11) is 0. The molecule has 1 aromatic heterocycles. The summed E-state index contributed by atoms with van der Waals surface area (Å²) < 4.78 is 5.84. The van der Waals surface area contributed by atoms with Crippen molar-refractivity contribution in [1.29, 1.82) is 0 Å². The van der Waals surface area contributed by atoms with Crippen molar-refractivity contribution in [1.82, 2.24) is 9.97 Å². The molecule has 0 unspecified atom stereocenters. The van der Waals surface area contributed by atoms with Crippen molar-refractivity contribution >= 4 is 29.5 Å². The zero-order valence-electron chi connectivity index (χ0n) is 16.6. The molecule has 0 spiro atoms. The number of ether oxygens (including phenoxy) is 1. The Morgan fingerprint density at radius 2 is 2.07 bits per heavy atom. The number of aromatic nitrogens is 2. The van der Waals surface area contributed by atoms with E-state index in [-0.39, 0.29) is 10.5 Å². The van der Waals surface area contributed by atoms with Gasteiger partial charge in [0, 0.05) is 30.2 Å². The quantitative estimate of drug-likeness (QED) is 0.400. The van der Waals surface area contributed by atoms with Gasteiger partial charge in [-0.15, -0.1) is 23.5 Å². The highest BCUT2D eigenvalue weighted by Crippen LogP contribution is 2.52. The molecule has 0 aliphatic carbocycles. The van der Waals surface area contributed by atoms with Crippen LogP contribution in [0, 0.1) is 11.8 Å². The van der Waals surface area contributed by atoms with Gasteiger partial charge in [-0.25, -0.2) is 4.98 Å². The highest BCUT2D eigenvalue weighted by atomic mass is 32.2. The van der Waals surface area contributed by atoms with Crippen LogP contribution in [-0.2, 0) is 15.3 Å². The van der Waals surface area contributed by atoms with Crippen LogP contribution in [0.4, 0.5) is 0 Å². The van der Waals surface area contributed by atoms with E-state index in [1.165, 1.54) is 5.56 Å². The van der Waals surface area contributed by atoms with Crippen LogP contribution in [0.5, 0.6) is 5.75 Å². The zero-order chi connectivity index (χ0) is 20.7. The first-order valence-corrected chi connectivity index (χ1v) is 11.9. The van der Waals surface area contributed by atoms with E-state index in [0.29, 0.717) is 18.5 Å². The van der Waals surface area contributed by atoms with E-state index in [0.717, 1.165) is 36.5 Å². The molecule has 2 heterocycles. The lowest BCUT2D eigenvalue weighted by atomic mass is 10.0. The standard InChI is InChI=1S/C22H24N2O3S2/c1-28-22(29-2)11-12-27-20-10-8-16(13-19(20)22)7-9-18-15-23-14-17(24-18)5-3-4-6-21(25)26/h8,10,13-15H,3-6,11-12H2,1-2H3,(H,25,26). The maximum atomic E-state index is 10.6. The summed E-state index contributed by atoms with van der Waals surface area (Å²) in [5.41, 5.74) is 3.57. The summed E-state index contributed by atoms with van der Waals surface area (Å²) in [6, 6.07) is 6.10. The second-order valence-corrected chi connectivity index (χ2v) is 9.19. The molecule has 0 saturated carbocycles. The van der Waals surface area contributed by atoms with Gasteiger partial charge in [-0.1, -0.05) is 5.92 Å². The van der Waals surface area contributed by atoms with Crippen LogP contribution in [0.15, 0.2) is 30.6 Å². The molecule has 0 bridgehead atoms. The van der Waals surface area contributed by atoms with Crippen LogP contribution in [0.1, 0.15) is 48.2 Å². The van der Waals surface area contributed by atoms with Crippen molar-refractivity contribution in [3.8, 4) is 17.6 Å². The van der Waals surface area contributed by atoms with E-state index in [4.69, 9.17) is 9.84 Å². The topological polar surface area (TPSA) is 72.3 Å². The molecule has 0 fully saturated rings. The third-order valence-electron chi connectivity index (χ3n) is 4.83. The van der Waals surface area contributed by atoms with Crippen molar-refractivity contribution in [2.24, 2.45) is 0 Å². The summed E-state index contributed by atoms with van der Waals surface area (Å²) in [5.74, 6) is 6.48. The molecule has 3 rings (SSSR count). The minimum absolute atomic E-state index is 0.000940. The lowest BCUT2D eigenvalue weighted by Gasteiger charge is -2.36. The Morgan fingerprint density at radius 3 is 2.83 bits per heavy atom. The van der Waals surface area contributed by atoms with Crippen molar-refractivity contribution in [3.05, 3.63) is 53.1 Å². The number of hydrogen-bond acceptors (Lipinski definition) is 6. The lowest BCUT2D eigenvalue weighted by molar-refractivity contribution is -0.137. The zero-order valence-corrected chi connectivity index (χ0v) is 18.2. The molecule has 0 saturated heterocycles. The summed E-state index contributed by atoms with van der Waals surface area (Å²) in [4.78, 5) is 19.4. The number of carboxylic acid groups (broad SMARTS) is 1. The largest absolute Gasteiger partial charge is 0.493 e. The van der Waals surface area contributed by atoms with E-state index in [2.05, 4.69) is 40.4 Å². The number of benzene rings is 1. The van der Waals surface area contributed by atoms with Crippen molar-refractivity contribution in [2.45, 2.75) is 36.2 Å². The number of thioether (sulfide) groups is 2. The fourth-order valence-corrected chi connectivity index (χ4v) is 5.27. The van der Waals surface area contributed by atoms with Gasteiger partial charge in [-0.3, -0.25) is 9.78 Å². The molecule has 1 aromatic carbocycles. The van der Waals surface area contributed by atoms with Gasteiger partial charge < -0.3 is 9.84 Å². The maximum Gasteiger partial charge on any atom is 0.303 e. The molecule has 1 aliphatic heterocycles. The van der Waals surface area contributed by atoms with Gasteiger partial charge in [0.25, 0.3) is 0 Å². The first-order valence-electron chi connectivity index (χ1n) is 9.48. The number of rotatable bonds is 7. The summed E-state index contributed by atoms with van der Waals surface area (Å²) in [6.45, 7) is 0.731. The minimum atomic E-state index is -0.766. The smallest absolute Gasteiger partial charge is 0.303 e. The summed E-state index contributed by atoms with van der Waals surface area (Å²) >= 11 is 3.70. The molecular weight excluding hydrogens is 404 g/mol. The predicted molar refractivity (Wildman–Crippen MR) is 118 cm³/mol. The molecule has 152 valence electrons. The molecule has 2 aromatic rings. The number of nitrogens with zero attached hydrogens (tertiary/aromatic N) is 2. The lowest BCUT2D eigenvalue weighted by Crippen LogP contribution is -2.26. The van der Waals surface area contributed by atoms with Crippen molar-refractivity contribution < 1.29 is 14.6 Å². The number of carbonyl (C=O) groups is 1. The Bertz CT molecular complexity index is 933. The van der Waals surface area contributed by atoms with Crippen LogP contribution in [0.25, 0.3) is 0 Å². The number of fused-ring (bicyclic) bond motifs is 1. The summed E-state index contributed by atoms with van der Waals surface area (Å²) in [6.07, 6.45) is 10.9. The average molecular weight is 429 g/mol. The highest BCUT2D eigenvalue weighted by molar-refractivity contribution is 8.16. The second-order valence-electron chi connectivity index (χ2n) is 6.72. The minimum Gasteiger partial charge on any atom is -0.493 e. The Balaban J connectivity index is 1.75. The molecule has 0 radical (unpaired) electrons. The molecule has 29 heavy (non-hydrogen) atoms. The van der Waals surface area contributed by atoms with Gasteiger partial charge in [0.1, 0.15) is 11.4 Å². The Hall–Kier alpha value is -2.17. The van der Waals surface area contributed by atoms with Crippen LogP contribution < -0.4 is 4.74 Å². The fraction of sp³-hybridized carbons (Fsp3) is 0.409. The highest BCUT2D eigenvalue weighted by Gasteiger charge is 2.36. The number of carboxylic acids is 1. The normalized spacial score (nSPS) is 14.3. The van der Waals surface area contributed by atoms with Gasteiger partial charge in [-0.05, 0) is 55.9 Å². The molecule has 0 atom stereocenters. The fourth-order valence-electron chi connectivity index (χ4n) is 3.27. The molecular formula is C22H24N2O3S2. The van der Waals surface area contributed by atoms with Crippen LogP contribution in [0.2, 0.25) is 0 Å². The van der Waals surface area contributed by atoms with E-state index in [1.807, 2.05) is 35.7 Å². The van der Waals surface area contributed by atoms with Gasteiger partial charge >= 0.3 is 5.97 Å². The average Bonchev–Trinajstić information content (AvgIpc) is 2.75. The van der Waals surface area contributed by atoms with Crippen molar-refractivity contribution in [3.63, 3.8) is 0 Å². The Labute approximate surface area is 180 Å². The van der Waals surface area contributed by atoms with Crippen LogP contribution in [0.3, 0.4) is 0 Å². The number of aryl methyl sites for hydroxylation is 1. The molecule has 1 N–H and O–H groups in total. The third-order valence-corrected chi connectivity index (χ3v) is 8.00. The van der Waals surface area contributed by atoms with E-state index in [9.17, 15) is 4.79 Å². The summed E-state index contributed by atoms with van der Waals surface area (Å²) in [5, 5.41) is 8.71. The molecule has 7 heteroatoms. The monoisotopic (exact) mass is 428 g/mol. The third kappa shape index (κ3) is 5.46. The van der Waals surface area contributed by atoms with Crippen molar-refractivity contribution in [2.75, 3.05) is 19.1 Å². The molecule has 1 aliphatic rings. The van der Waals surface area contributed by atoms with Crippen LogP contribution in [-0.4, -0.2) is 40.2 Å². The number of unbranched alkanes of at least 4 members (excludes halogenated alkanes) is 1. The van der Waals surface area contributed by atoms with Crippen LogP contribution >= 0.6 is 23.5 Å². The van der Waals surface area contributed by atoms with Gasteiger partial charge in [0.2, 0.25) is 0 Å². The molecule has 0 amide bonds. The SMILES string of the molecule is CSC1(SC)CCOc2ccc(C#Cc3cncc(CCCCC(=O)O)n3)cc21. The second kappa shape index (κ2) is 10.0. The van der Waals surface area contributed by atoms with E-state index < -0.39 is 5.97 Å². The Morgan fingerprint density at radius 1 is 1.24 bits per heavy atom. The Kier molecular flexibility index (Phi) is 7.45. The molecule has 5 nitrogen and oxygen atoms in total. The van der Waals surface area contributed by atoms with Gasteiger partial charge in [-0.2, -0.15) is 0 Å². The van der Waals surface area contributed by atoms with Gasteiger partial charge in [0.15, 0.2) is 0 Å².